The monoisotopic (exact) mass is 677 g/mol. The first-order valence-corrected chi connectivity index (χ1v) is 16.8. The Morgan fingerprint density at radius 1 is 0.920 bits per heavy atom. The van der Waals surface area contributed by atoms with Crippen LogP contribution in [0, 0.1) is 0 Å². The molecule has 3 amide bonds. The lowest BCUT2D eigenvalue weighted by molar-refractivity contribution is -0.123. The van der Waals surface area contributed by atoms with Crippen LogP contribution in [0.15, 0.2) is 85.1 Å². The summed E-state index contributed by atoms with van der Waals surface area (Å²) >= 11 is 0. The lowest BCUT2D eigenvalue weighted by Gasteiger charge is -2.39. The molecule has 50 heavy (non-hydrogen) atoms. The summed E-state index contributed by atoms with van der Waals surface area (Å²) in [6.07, 6.45) is 1.70. The largest absolute Gasteiger partial charge is 0.496 e. The molecule has 8 rings (SSSR count). The molecule has 12 nitrogen and oxygen atoms in total. The summed E-state index contributed by atoms with van der Waals surface area (Å²) in [5.74, 6) is 1.78. The molecule has 258 valence electrons. The van der Waals surface area contributed by atoms with Crippen molar-refractivity contribution in [2.45, 2.75) is 25.1 Å². The molecule has 0 radical (unpaired) electrons. The van der Waals surface area contributed by atoms with E-state index in [1.165, 1.54) is 0 Å². The number of likely N-dealkylation sites (tertiary alicyclic amines) is 1. The zero-order chi connectivity index (χ0) is 34.5. The van der Waals surface area contributed by atoms with E-state index in [9.17, 15) is 14.4 Å². The number of amides is 3. The third-order valence-corrected chi connectivity index (χ3v) is 9.16. The number of aromatic nitrogens is 1. The van der Waals surface area contributed by atoms with Gasteiger partial charge in [0.2, 0.25) is 0 Å². The fraction of sp³-hybridized carbons (Fsp3) is 0.316. The summed E-state index contributed by atoms with van der Waals surface area (Å²) in [5.41, 5.74) is 3.23. The van der Waals surface area contributed by atoms with Gasteiger partial charge in [-0.15, -0.1) is 0 Å². The number of piperidine rings is 1. The van der Waals surface area contributed by atoms with Gasteiger partial charge < -0.3 is 39.4 Å². The number of methoxy groups -OCH3 is 1. The van der Waals surface area contributed by atoms with Crippen molar-refractivity contribution in [3.8, 4) is 28.4 Å². The van der Waals surface area contributed by atoms with Crippen LogP contribution in [0.2, 0.25) is 0 Å². The van der Waals surface area contributed by atoms with Gasteiger partial charge in [-0.25, -0.2) is 4.98 Å². The molecule has 2 atom stereocenters. The summed E-state index contributed by atoms with van der Waals surface area (Å²) in [6.45, 7) is 3.67. The second-order valence-corrected chi connectivity index (χ2v) is 12.4. The lowest BCUT2D eigenvalue weighted by atomic mass is 9.98. The highest BCUT2D eigenvalue weighted by atomic mass is 16.5. The van der Waals surface area contributed by atoms with Crippen LogP contribution in [0.4, 0.5) is 5.82 Å². The first kappa shape index (κ1) is 32.9. The molecule has 6 bridgehead atoms. The number of fused-ring (bicyclic) bond motifs is 7. The molecule has 4 aliphatic heterocycles. The van der Waals surface area contributed by atoms with E-state index in [4.69, 9.17) is 18.9 Å². The molecule has 4 aliphatic rings. The van der Waals surface area contributed by atoms with Gasteiger partial charge >= 0.3 is 0 Å². The average molecular weight is 678 g/mol. The SMILES string of the molecule is COc1ccc2cc1-c1cccc(c1)OCC(=O)NCc1ccc(cc1)O[C@@H]1CCN(C(=O)c3ccc(N4CCOCC4)nc3)C[C@H]1NC2=O. The Balaban J connectivity index is 1.16. The molecule has 4 aromatic rings. The summed E-state index contributed by atoms with van der Waals surface area (Å²) in [5, 5.41) is 6.06. The maximum Gasteiger partial charge on any atom is 0.258 e. The van der Waals surface area contributed by atoms with Crippen molar-refractivity contribution in [3.05, 3.63) is 102 Å². The molecule has 12 heteroatoms. The topological polar surface area (TPSA) is 132 Å². The number of pyridine rings is 1. The molecule has 1 aromatic heterocycles. The highest BCUT2D eigenvalue weighted by Crippen LogP contribution is 2.33. The number of nitrogens with zero attached hydrogens (tertiary/aromatic N) is 3. The standard InChI is InChI=1S/C38H39N5O7/c1-47-33-11-7-27-20-31(33)26-3-2-4-30(19-26)49-24-36(44)40-21-25-5-9-29(10-6-25)50-34-13-14-43(23-32(34)41-37(27)45)38(46)28-8-12-35(39-22-28)42-15-17-48-18-16-42/h2-12,19-20,22,32,34H,13-18,21,23-24H2,1H3,(H,40,44)(H,41,45)/t32-,34-/m1/s1. The maximum absolute atomic E-state index is 13.9. The van der Waals surface area contributed by atoms with Gasteiger partial charge in [-0.2, -0.15) is 0 Å². The Morgan fingerprint density at radius 3 is 2.54 bits per heavy atom. The van der Waals surface area contributed by atoms with Crippen molar-refractivity contribution in [2.75, 3.05) is 58.0 Å². The normalized spacial score (nSPS) is 19.6. The fourth-order valence-electron chi connectivity index (χ4n) is 6.41. The van der Waals surface area contributed by atoms with Crippen molar-refractivity contribution in [2.24, 2.45) is 0 Å². The smallest absolute Gasteiger partial charge is 0.258 e. The van der Waals surface area contributed by atoms with E-state index in [0.29, 0.717) is 66.7 Å². The van der Waals surface area contributed by atoms with E-state index in [-0.39, 0.29) is 30.9 Å². The van der Waals surface area contributed by atoms with E-state index in [0.717, 1.165) is 30.0 Å². The number of hydrogen-bond donors (Lipinski definition) is 2. The van der Waals surface area contributed by atoms with E-state index >= 15 is 0 Å². The fourth-order valence-corrected chi connectivity index (χ4v) is 6.41. The first-order valence-electron chi connectivity index (χ1n) is 16.8. The zero-order valence-corrected chi connectivity index (χ0v) is 27.8. The molecule has 2 fully saturated rings. The van der Waals surface area contributed by atoms with Gasteiger partial charge in [0.25, 0.3) is 17.7 Å². The predicted octanol–water partition coefficient (Wildman–Crippen LogP) is 3.69. The molecule has 3 aromatic carbocycles. The van der Waals surface area contributed by atoms with Crippen LogP contribution in [-0.4, -0.2) is 92.9 Å². The van der Waals surface area contributed by atoms with Crippen molar-refractivity contribution in [1.29, 1.82) is 0 Å². The van der Waals surface area contributed by atoms with E-state index in [1.54, 1.807) is 54.6 Å². The molecule has 0 spiro atoms. The Kier molecular flexibility index (Phi) is 9.79. The number of hydrogen-bond acceptors (Lipinski definition) is 9. The van der Waals surface area contributed by atoms with Gasteiger partial charge in [0, 0.05) is 56.5 Å². The number of ether oxygens (including phenoxy) is 4. The van der Waals surface area contributed by atoms with Gasteiger partial charge in [-0.05, 0) is 65.7 Å². The van der Waals surface area contributed by atoms with Crippen LogP contribution >= 0.6 is 0 Å². The zero-order valence-electron chi connectivity index (χ0n) is 27.8. The molecule has 5 heterocycles. The number of benzene rings is 3. The molecular weight excluding hydrogens is 638 g/mol. The second-order valence-electron chi connectivity index (χ2n) is 12.4. The number of morpholine rings is 1. The van der Waals surface area contributed by atoms with Crippen LogP contribution in [-0.2, 0) is 16.1 Å². The van der Waals surface area contributed by atoms with Crippen molar-refractivity contribution < 1.29 is 33.3 Å². The van der Waals surface area contributed by atoms with E-state index in [1.807, 2.05) is 42.5 Å². The van der Waals surface area contributed by atoms with Gasteiger partial charge in [-0.1, -0.05) is 24.3 Å². The van der Waals surface area contributed by atoms with Crippen molar-refractivity contribution in [1.82, 2.24) is 20.5 Å². The maximum atomic E-state index is 13.9. The number of nitrogens with one attached hydrogen (secondary N) is 2. The predicted molar refractivity (Wildman–Crippen MR) is 186 cm³/mol. The number of carbonyl (C=O) groups excluding carboxylic acids is 3. The molecule has 0 unspecified atom stereocenters. The van der Waals surface area contributed by atoms with Crippen LogP contribution in [0.1, 0.15) is 32.7 Å². The third-order valence-electron chi connectivity index (χ3n) is 9.16. The Morgan fingerprint density at radius 2 is 1.76 bits per heavy atom. The van der Waals surface area contributed by atoms with E-state index in [2.05, 4.69) is 20.5 Å². The van der Waals surface area contributed by atoms with E-state index < -0.39 is 12.1 Å². The van der Waals surface area contributed by atoms with Crippen LogP contribution in [0.5, 0.6) is 17.2 Å². The van der Waals surface area contributed by atoms with Gasteiger partial charge in [-0.3, -0.25) is 14.4 Å². The van der Waals surface area contributed by atoms with Crippen molar-refractivity contribution >= 4 is 23.5 Å². The van der Waals surface area contributed by atoms with Gasteiger partial charge in [0.1, 0.15) is 29.2 Å². The Hall–Kier alpha value is -5.62. The van der Waals surface area contributed by atoms with Gasteiger partial charge in [0.15, 0.2) is 6.61 Å². The minimum atomic E-state index is -0.521. The highest BCUT2D eigenvalue weighted by Gasteiger charge is 2.35. The summed E-state index contributed by atoms with van der Waals surface area (Å²) < 4.78 is 23.3. The number of rotatable bonds is 3. The molecule has 2 N–H and O–H groups in total. The van der Waals surface area contributed by atoms with Gasteiger partial charge in [0.05, 0.1) is 31.9 Å². The molecular formula is C38H39N5O7. The second kappa shape index (κ2) is 14.9. The Labute approximate surface area is 290 Å². The third kappa shape index (κ3) is 7.50. The van der Waals surface area contributed by atoms with Crippen molar-refractivity contribution in [3.63, 3.8) is 0 Å². The first-order chi connectivity index (χ1) is 24.4. The highest BCUT2D eigenvalue weighted by molar-refractivity contribution is 5.97. The minimum Gasteiger partial charge on any atom is -0.496 e. The molecule has 0 saturated carbocycles. The van der Waals surface area contributed by atoms with Crippen LogP contribution < -0.4 is 29.7 Å². The summed E-state index contributed by atoms with van der Waals surface area (Å²) in [6, 6.07) is 23.1. The number of carbonyl (C=O) groups is 3. The quantitative estimate of drug-likeness (QED) is 0.333. The Bertz CT molecular complexity index is 1840. The molecule has 0 aliphatic carbocycles. The summed E-state index contributed by atoms with van der Waals surface area (Å²) in [4.78, 5) is 48.7. The lowest BCUT2D eigenvalue weighted by Crippen LogP contribution is -2.58. The minimum absolute atomic E-state index is 0.150. The average Bonchev–Trinajstić information content (AvgIpc) is 3.17. The molecule has 2 saturated heterocycles. The summed E-state index contributed by atoms with van der Waals surface area (Å²) in [7, 11) is 1.57. The van der Waals surface area contributed by atoms with Crippen LogP contribution in [0.25, 0.3) is 11.1 Å². The van der Waals surface area contributed by atoms with Crippen LogP contribution in [0.3, 0.4) is 0 Å². The number of anilines is 1.